The predicted molar refractivity (Wildman–Crippen MR) is 519 cm³/mol. The van der Waals surface area contributed by atoms with Crippen LogP contribution in [0.25, 0.3) is 63.7 Å². The van der Waals surface area contributed by atoms with E-state index in [0.717, 1.165) is 0 Å². The van der Waals surface area contributed by atoms with E-state index in [1.807, 2.05) is 186 Å². The summed E-state index contributed by atoms with van der Waals surface area (Å²) in [6, 6.07) is 83.8. The van der Waals surface area contributed by atoms with Crippen LogP contribution in [0.3, 0.4) is 0 Å². The Morgan fingerprint density at radius 3 is 0.862 bits per heavy atom. The van der Waals surface area contributed by atoms with Gasteiger partial charge in [-0.1, -0.05) is 376 Å². The molecule has 0 radical (unpaired) electrons. The third kappa shape index (κ3) is 19.5. The van der Waals surface area contributed by atoms with E-state index < -0.39 is 0 Å². The zero-order valence-electron chi connectivity index (χ0n) is 62.0. The second-order valence-electron chi connectivity index (χ2n) is 26.6. The highest BCUT2D eigenvalue weighted by atomic mass is 32.2. The van der Waals surface area contributed by atoms with Crippen molar-refractivity contribution in [2.24, 2.45) is 0 Å². The number of thiophene rings is 5. The first-order chi connectivity index (χ1) is 53.4. The molecule has 0 amide bonds. The maximum absolute atomic E-state index is 2.58. The maximum Gasteiger partial charge on any atom is 0.0707 e. The standard InChI is InChI=1S/C40H44S6.C28H20S6.C24H18S5/c1-5-7-9-13-23-31-25-27(3)41-36(31)37-32(24-14-10-8-6-2)26-33(43-37)38-35(30-21-17-12-18-22-30)45-40(46-38)39-42-28(4)34(44-39)29-19-15-11-16-20-29;1-17-13-14-21(29-17)22-15-16-23(31-22)26-25(20-11-7-4-8-12-20)33-28(34-26)27-30-18(2)24(32-27)19-9-5-3-6-10-19;1-15-13-14-19(25-15)22-21(18-11-7-4-8-12-18)28-24(29-22)23-26-16(2)20(27-23)17-9-5-3-6-10-17/h11-12,15-22,25-26H,5-10,13-14,23-24H2,1-4H3;3-16H,1-2H3;3-14H,1-2H3/b40-39-;28-27-;24-23-. The molecule has 0 atom stereocenters. The van der Waals surface area contributed by atoms with Gasteiger partial charge in [-0.2, -0.15) is 0 Å². The molecule has 109 heavy (non-hydrogen) atoms. The van der Waals surface area contributed by atoms with E-state index in [2.05, 4.69) is 297 Å². The average molecular weight is 1730 g/mol. The highest BCUT2D eigenvalue weighted by Crippen LogP contribution is 2.69. The highest BCUT2D eigenvalue weighted by Gasteiger charge is 2.35. The molecule has 5 aromatic heterocycles. The Kier molecular flexibility index (Phi) is 28.2. The smallest absolute Gasteiger partial charge is 0.0707 e. The third-order valence-electron chi connectivity index (χ3n) is 18.3. The topological polar surface area (TPSA) is 0 Å². The monoisotopic (exact) mass is 1730 g/mol. The van der Waals surface area contributed by atoms with E-state index in [4.69, 9.17) is 0 Å². The quantitative estimate of drug-likeness (QED) is 0.0629. The largest absolute Gasteiger partial charge is 0.140 e. The summed E-state index contributed by atoms with van der Waals surface area (Å²) in [5.74, 6) is 0. The Hall–Kier alpha value is -4.32. The number of allylic oxidation sites excluding steroid dienone is 3. The number of rotatable bonds is 21. The Morgan fingerprint density at radius 1 is 0.211 bits per heavy atom. The van der Waals surface area contributed by atoms with Crippen molar-refractivity contribution in [2.45, 2.75) is 120 Å². The Bertz CT molecular complexity index is 5370. The lowest BCUT2D eigenvalue weighted by molar-refractivity contribution is 0.666. The number of hydrogen-bond donors (Lipinski definition) is 0. The Morgan fingerprint density at radius 2 is 0.495 bits per heavy atom. The molecular weight excluding hydrogens is 1650 g/mol. The second kappa shape index (κ2) is 38.4. The summed E-state index contributed by atoms with van der Waals surface area (Å²) in [6.45, 7) is 18.1. The molecule has 0 bridgehead atoms. The predicted octanol–water partition coefficient (Wildman–Crippen LogP) is 35.8. The van der Waals surface area contributed by atoms with Crippen LogP contribution >= 0.6 is 198 Å². The van der Waals surface area contributed by atoms with Crippen molar-refractivity contribution in [3.8, 4) is 19.5 Å². The summed E-state index contributed by atoms with van der Waals surface area (Å²) in [5, 5.41) is 0. The van der Waals surface area contributed by atoms with Crippen LogP contribution in [-0.2, 0) is 12.8 Å². The molecule has 552 valence electrons. The van der Waals surface area contributed by atoms with Gasteiger partial charge in [0.2, 0.25) is 0 Å². The lowest BCUT2D eigenvalue weighted by Crippen LogP contribution is -1.89. The molecule has 6 aliphatic heterocycles. The van der Waals surface area contributed by atoms with Crippen LogP contribution < -0.4 is 0 Å². The normalized spacial score (nSPS) is 18.0. The SMILES string of the molecule is CC1=C(c2ccccc2)S/C(=C2/SC(c3ccccc3)=C(c3ccc(-c4ccc(C)s4)s3)S2)S1.CC1=C(c2ccccc2)S/C(=C2/SC(c3ccccc3)=C(c3ccc(C)s3)S2)S1.CCCCCCc1cc(C)sc1-c1sc(C2=C(c3ccccc3)S/C(=C3\SC(C)=C(c4ccccc4)S3)S2)cc1CCCCCC. The molecule has 0 nitrogen and oxygen atoms in total. The van der Waals surface area contributed by atoms with Crippen molar-refractivity contribution >= 4 is 242 Å². The van der Waals surface area contributed by atoms with E-state index in [-0.39, 0.29) is 0 Å². The zero-order valence-corrected chi connectivity index (χ0v) is 75.8. The molecule has 0 saturated heterocycles. The maximum atomic E-state index is 2.58. The minimum atomic E-state index is 1.17. The van der Waals surface area contributed by atoms with Crippen LogP contribution in [0.15, 0.2) is 271 Å². The third-order valence-corrected chi connectivity index (χ3v) is 42.1. The molecule has 0 unspecified atom stereocenters. The van der Waals surface area contributed by atoms with Crippen molar-refractivity contribution in [1.82, 2.24) is 0 Å². The van der Waals surface area contributed by atoms with Gasteiger partial charge in [0.1, 0.15) is 0 Å². The van der Waals surface area contributed by atoms with Gasteiger partial charge in [0.25, 0.3) is 0 Å². The summed E-state index contributed by atoms with van der Waals surface area (Å²) >= 11 is 33.1. The second-order valence-corrected chi connectivity index (χ2v) is 46.9. The molecule has 0 spiro atoms. The van der Waals surface area contributed by atoms with Crippen molar-refractivity contribution in [2.75, 3.05) is 0 Å². The lowest BCUT2D eigenvalue weighted by atomic mass is 10.0. The van der Waals surface area contributed by atoms with E-state index in [0.29, 0.717) is 0 Å². The number of unbranched alkanes of at least 4 members (excludes halogenated alkanes) is 6. The molecule has 6 aliphatic rings. The van der Waals surface area contributed by atoms with Gasteiger partial charge in [-0.15, -0.1) is 56.7 Å². The van der Waals surface area contributed by atoms with E-state index >= 15 is 0 Å². The summed E-state index contributed by atoms with van der Waals surface area (Å²) in [6.07, 6.45) is 12.8. The molecule has 17 rings (SSSR count). The lowest BCUT2D eigenvalue weighted by Gasteiger charge is -2.06. The summed E-state index contributed by atoms with van der Waals surface area (Å²) < 4.78 is 8.47. The van der Waals surface area contributed by atoms with E-state index in [1.54, 1.807) is 16.0 Å². The molecule has 0 N–H and O–H groups in total. The van der Waals surface area contributed by atoms with Gasteiger partial charge in [-0.05, 0) is 160 Å². The summed E-state index contributed by atoms with van der Waals surface area (Å²) in [7, 11) is 0. The van der Waals surface area contributed by atoms with Crippen molar-refractivity contribution in [1.29, 1.82) is 0 Å². The minimum absolute atomic E-state index is 1.17. The summed E-state index contributed by atoms with van der Waals surface area (Å²) in [5.41, 5.74) is 11.0. The number of aryl methyl sites for hydroxylation is 5. The van der Waals surface area contributed by atoms with Gasteiger partial charge >= 0.3 is 0 Å². The molecule has 0 fully saturated rings. The van der Waals surface area contributed by atoms with Crippen LogP contribution in [0, 0.1) is 20.8 Å². The van der Waals surface area contributed by atoms with Gasteiger partial charge in [0.15, 0.2) is 0 Å². The minimum Gasteiger partial charge on any atom is -0.140 e. The first-order valence-electron chi connectivity index (χ1n) is 36.9. The Labute approximate surface area is 717 Å². The van der Waals surface area contributed by atoms with Crippen molar-refractivity contribution in [3.63, 3.8) is 0 Å². The van der Waals surface area contributed by atoms with Crippen LogP contribution in [0.1, 0.15) is 160 Å². The van der Waals surface area contributed by atoms with E-state index in [9.17, 15) is 0 Å². The Balaban J connectivity index is 0.000000134. The van der Waals surface area contributed by atoms with Crippen LogP contribution in [0.4, 0.5) is 0 Å². The van der Waals surface area contributed by atoms with Crippen molar-refractivity contribution in [3.05, 3.63) is 344 Å². The van der Waals surface area contributed by atoms with Gasteiger partial charge in [-0.3, -0.25) is 0 Å². The van der Waals surface area contributed by atoms with Gasteiger partial charge in [0, 0.05) is 108 Å². The van der Waals surface area contributed by atoms with E-state index in [1.165, 1.54) is 226 Å². The average Bonchev–Trinajstić information content (AvgIpc) is 1.63. The molecule has 6 aromatic carbocycles. The number of thioether (sulfide) groups is 12. The molecule has 17 heteroatoms. The van der Waals surface area contributed by atoms with Gasteiger partial charge in [-0.25, -0.2) is 0 Å². The van der Waals surface area contributed by atoms with Gasteiger partial charge < -0.3 is 0 Å². The highest BCUT2D eigenvalue weighted by molar-refractivity contribution is 8.40. The fourth-order valence-corrected chi connectivity index (χ4v) is 35.7. The van der Waals surface area contributed by atoms with Crippen LogP contribution in [0.2, 0.25) is 0 Å². The zero-order chi connectivity index (χ0) is 74.7. The summed E-state index contributed by atoms with van der Waals surface area (Å²) in [4.78, 5) is 30.9. The first-order valence-corrected chi connectivity index (χ1v) is 50.8. The van der Waals surface area contributed by atoms with Crippen molar-refractivity contribution < 1.29 is 0 Å². The van der Waals surface area contributed by atoms with Gasteiger partial charge in [0.05, 0.1) is 25.4 Å². The van der Waals surface area contributed by atoms with Crippen LogP contribution in [-0.4, -0.2) is 0 Å². The molecular formula is C92H82S17. The fraction of sp³-hybridized carbons (Fsp3) is 0.196. The number of benzene rings is 6. The fourth-order valence-electron chi connectivity index (χ4n) is 13.0. The van der Waals surface area contributed by atoms with Crippen LogP contribution in [0.5, 0.6) is 0 Å². The first kappa shape index (κ1) is 79.9. The molecule has 0 saturated carbocycles. The number of hydrogen-bond acceptors (Lipinski definition) is 17. The molecule has 11 aromatic rings. The molecule has 11 heterocycles. The molecule has 0 aliphatic carbocycles.